The number of carbonyl (C=O) groups is 1. The molecule has 0 aliphatic carbocycles. The van der Waals surface area contributed by atoms with Gasteiger partial charge >= 0.3 is 0 Å². The normalized spacial score (nSPS) is 15.9. The number of hydrogen-bond donors (Lipinski definition) is 2. The number of phenols is 1. The Balaban J connectivity index is 1.96. The van der Waals surface area contributed by atoms with E-state index >= 15 is 0 Å². The highest BCUT2D eigenvalue weighted by atomic mass is 16.3. The molecule has 1 amide bonds. The zero-order valence-electron chi connectivity index (χ0n) is 15.4. The second-order valence-electron chi connectivity index (χ2n) is 6.90. The molecule has 5 nitrogen and oxygen atoms in total. The van der Waals surface area contributed by atoms with Crippen molar-refractivity contribution in [3.63, 3.8) is 0 Å². The molecule has 1 aromatic heterocycles. The Morgan fingerprint density at radius 1 is 1.26 bits per heavy atom. The Bertz CT molecular complexity index is 1040. The van der Waals surface area contributed by atoms with Gasteiger partial charge in [-0.05, 0) is 36.6 Å². The number of H-pyrrole nitrogens is 1. The minimum atomic E-state index is -0.277. The van der Waals surface area contributed by atoms with Crippen LogP contribution in [0.4, 0.5) is 0 Å². The molecule has 0 bridgehead atoms. The molecule has 1 aliphatic heterocycles. The Kier molecular flexibility index (Phi) is 4.07. The number of carbonyl (C=O) groups excluding carboxylic acids is 1. The fourth-order valence-electron chi connectivity index (χ4n) is 3.85. The van der Waals surface area contributed by atoms with Crippen molar-refractivity contribution >= 4 is 5.91 Å². The van der Waals surface area contributed by atoms with Crippen LogP contribution in [0.1, 0.15) is 38.8 Å². The Labute approximate surface area is 158 Å². The molecule has 0 radical (unpaired) electrons. The fourth-order valence-corrected chi connectivity index (χ4v) is 3.85. The highest BCUT2D eigenvalue weighted by molar-refractivity contribution is 6.00. The van der Waals surface area contributed by atoms with E-state index in [1.165, 1.54) is 0 Å². The van der Waals surface area contributed by atoms with Crippen molar-refractivity contribution in [3.05, 3.63) is 83.1 Å². The van der Waals surface area contributed by atoms with Crippen LogP contribution < -0.4 is 0 Å². The average molecular weight is 359 g/mol. The molecule has 0 spiro atoms. The summed E-state index contributed by atoms with van der Waals surface area (Å²) >= 11 is 0. The number of nitrogens with one attached hydrogen (secondary N) is 1. The number of hydrogen-bond acceptors (Lipinski definition) is 3. The van der Waals surface area contributed by atoms with Crippen molar-refractivity contribution in [2.45, 2.75) is 19.9 Å². The summed E-state index contributed by atoms with van der Waals surface area (Å²) < 4.78 is 0. The molecule has 0 fully saturated rings. The van der Waals surface area contributed by atoms with E-state index in [0.717, 1.165) is 22.3 Å². The van der Waals surface area contributed by atoms with E-state index in [-0.39, 0.29) is 17.7 Å². The first kappa shape index (κ1) is 17.1. The molecule has 1 unspecified atom stereocenters. The third-order valence-corrected chi connectivity index (χ3v) is 5.00. The van der Waals surface area contributed by atoms with Gasteiger partial charge < -0.3 is 10.0 Å². The van der Waals surface area contributed by atoms with Gasteiger partial charge in [0.05, 0.1) is 6.04 Å². The number of amides is 1. The summed E-state index contributed by atoms with van der Waals surface area (Å²) in [4.78, 5) is 14.8. The molecule has 2 heterocycles. The molecular formula is C22H21N3O2. The van der Waals surface area contributed by atoms with Gasteiger partial charge in [-0.3, -0.25) is 9.89 Å². The highest BCUT2D eigenvalue weighted by Crippen LogP contribution is 2.45. The van der Waals surface area contributed by atoms with Crippen LogP contribution in [0.25, 0.3) is 11.3 Å². The second-order valence-corrected chi connectivity index (χ2v) is 6.90. The number of aromatic amines is 1. The van der Waals surface area contributed by atoms with Crippen LogP contribution in [0, 0.1) is 13.8 Å². The highest BCUT2D eigenvalue weighted by Gasteiger charge is 2.41. The first-order chi connectivity index (χ1) is 13.0. The van der Waals surface area contributed by atoms with E-state index in [2.05, 4.69) is 16.8 Å². The number of benzene rings is 2. The van der Waals surface area contributed by atoms with E-state index in [0.29, 0.717) is 23.5 Å². The molecular weight excluding hydrogens is 338 g/mol. The quantitative estimate of drug-likeness (QED) is 0.688. The number of nitrogens with zero attached hydrogens (tertiary/aromatic N) is 2. The molecule has 5 heteroatoms. The van der Waals surface area contributed by atoms with Crippen LogP contribution in [-0.4, -0.2) is 32.7 Å². The van der Waals surface area contributed by atoms with Crippen molar-refractivity contribution < 1.29 is 9.90 Å². The summed E-state index contributed by atoms with van der Waals surface area (Å²) in [6.07, 6.45) is 1.72. The lowest BCUT2D eigenvalue weighted by atomic mass is 9.94. The molecule has 1 aliphatic rings. The molecule has 27 heavy (non-hydrogen) atoms. The van der Waals surface area contributed by atoms with E-state index < -0.39 is 0 Å². The minimum absolute atomic E-state index is 0.110. The van der Waals surface area contributed by atoms with E-state index in [4.69, 9.17) is 0 Å². The lowest BCUT2D eigenvalue weighted by Gasteiger charge is -2.25. The number of rotatable bonds is 4. The maximum atomic E-state index is 13.0. The molecule has 4 rings (SSSR count). The smallest absolute Gasteiger partial charge is 0.273 e. The van der Waals surface area contributed by atoms with Crippen LogP contribution in [-0.2, 0) is 0 Å². The Hall–Kier alpha value is -3.34. The third-order valence-electron chi connectivity index (χ3n) is 5.00. The standard InChI is InChI=1S/C22H21N3O2/c1-4-10-25-20(15-8-6-5-7-9-15)17-18(23-24-19(17)22(25)27)16-12-13(2)11-14(3)21(16)26/h4-9,11-12,20,26H,1,10H2,2-3H3,(H,23,24). The lowest BCUT2D eigenvalue weighted by molar-refractivity contribution is 0.0764. The molecule has 3 aromatic rings. The zero-order chi connectivity index (χ0) is 19.1. The summed E-state index contributed by atoms with van der Waals surface area (Å²) in [5, 5.41) is 18.0. The molecule has 0 saturated heterocycles. The monoisotopic (exact) mass is 359 g/mol. The van der Waals surface area contributed by atoms with Crippen molar-refractivity contribution in [1.29, 1.82) is 0 Å². The molecule has 2 N–H and O–H groups in total. The van der Waals surface area contributed by atoms with E-state index in [9.17, 15) is 9.90 Å². The largest absolute Gasteiger partial charge is 0.507 e. The van der Waals surface area contributed by atoms with Crippen molar-refractivity contribution in [1.82, 2.24) is 15.1 Å². The maximum absolute atomic E-state index is 13.0. The van der Waals surface area contributed by atoms with Crippen LogP contribution in [0.5, 0.6) is 5.75 Å². The minimum Gasteiger partial charge on any atom is -0.507 e. The van der Waals surface area contributed by atoms with Gasteiger partial charge in [0.15, 0.2) is 0 Å². The first-order valence-electron chi connectivity index (χ1n) is 8.88. The van der Waals surface area contributed by atoms with Gasteiger partial charge in [0, 0.05) is 17.7 Å². The first-order valence-corrected chi connectivity index (χ1v) is 8.88. The summed E-state index contributed by atoms with van der Waals surface area (Å²) in [6, 6.07) is 13.4. The second kappa shape index (κ2) is 6.43. The number of phenolic OH excluding ortho intramolecular Hbond substituents is 1. The lowest BCUT2D eigenvalue weighted by Crippen LogP contribution is -2.29. The van der Waals surface area contributed by atoms with Crippen LogP contribution in [0.2, 0.25) is 0 Å². The Morgan fingerprint density at radius 3 is 2.70 bits per heavy atom. The van der Waals surface area contributed by atoms with Crippen molar-refractivity contribution in [2.75, 3.05) is 6.54 Å². The fraction of sp³-hybridized carbons (Fsp3) is 0.182. The number of aromatic hydroxyl groups is 1. The SMILES string of the molecule is C=CCN1C(=O)c2[nH]nc(-c3cc(C)cc(C)c3O)c2C1c1ccccc1. The molecule has 136 valence electrons. The number of aromatic nitrogens is 2. The number of aryl methyl sites for hydroxylation is 2. The predicted octanol–water partition coefficient (Wildman–Crippen LogP) is 4.13. The third kappa shape index (κ3) is 2.63. The molecule has 1 atom stereocenters. The molecule has 2 aromatic carbocycles. The van der Waals surface area contributed by atoms with Gasteiger partial charge in [0.1, 0.15) is 17.1 Å². The number of fused-ring (bicyclic) bond motifs is 1. The summed E-state index contributed by atoms with van der Waals surface area (Å²) in [7, 11) is 0. The van der Waals surface area contributed by atoms with E-state index in [1.54, 1.807) is 11.0 Å². The van der Waals surface area contributed by atoms with Gasteiger partial charge in [-0.25, -0.2) is 0 Å². The summed E-state index contributed by atoms with van der Waals surface area (Å²) in [5.74, 6) is 0.0812. The topological polar surface area (TPSA) is 69.2 Å². The summed E-state index contributed by atoms with van der Waals surface area (Å²) in [5.41, 5.74) is 5.33. The van der Waals surface area contributed by atoms with Gasteiger partial charge in [-0.15, -0.1) is 6.58 Å². The zero-order valence-corrected chi connectivity index (χ0v) is 15.4. The van der Waals surface area contributed by atoms with Gasteiger partial charge in [-0.2, -0.15) is 5.10 Å². The maximum Gasteiger partial charge on any atom is 0.273 e. The van der Waals surface area contributed by atoms with Crippen LogP contribution >= 0.6 is 0 Å². The Morgan fingerprint density at radius 2 is 2.00 bits per heavy atom. The van der Waals surface area contributed by atoms with Gasteiger partial charge in [-0.1, -0.05) is 42.5 Å². The van der Waals surface area contributed by atoms with Crippen molar-refractivity contribution in [3.8, 4) is 17.0 Å². The predicted molar refractivity (Wildman–Crippen MR) is 105 cm³/mol. The van der Waals surface area contributed by atoms with Crippen molar-refractivity contribution in [2.24, 2.45) is 0 Å². The van der Waals surface area contributed by atoms with Gasteiger partial charge in [0.2, 0.25) is 0 Å². The average Bonchev–Trinajstić information content (AvgIpc) is 3.19. The van der Waals surface area contributed by atoms with Crippen LogP contribution in [0.15, 0.2) is 55.1 Å². The van der Waals surface area contributed by atoms with E-state index in [1.807, 2.05) is 56.3 Å². The van der Waals surface area contributed by atoms with Gasteiger partial charge in [0.25, 0.3) is 5.91 Å². The molecule has 0 saturated carbocycles. The van der Waals surface area contributed by atoms with Crippen LogP contribution in [0.3, 0.4) is 0 Å². The summed E-state index contributed by atoms with van der Waals surface area (Å²) in [6.45, 7) is 8.06.